The van der Waals surface area contributed by atoms with E-state index in [4.69, 9.17) is 21.4 Å². The Hall–Kier alpha value is -3.21. The maximum absolute atomic E-state index is 12.4. The van der Waals surface area contributed by atoms with Crippen LogP contribution in [0.1, 0.15) is 11.3 Å². The molecule has 10 heteroatoms. The van der Waals surface area contributed by atoms with Crippen molar-refractivity contribution in [3.05, 3.63) is 78.3 Å². The molecule has 0 radical (unpaired) electrons. The van der Waals surface area contributed by atoms with Gasteiger partial charge in [-0.2, -0.15) is 0 Å². The van der Waals surface area contributed by atoms with Crippen molar-refractivity contribution in [2.75, 3.05) is 12.4 Å². The lowest BCUT2D eigenvalue weighted by Gasteiger charge is -2.11. The van der Waals surface area contributed by atoms with Gasteiger partial charge in [0.2, 0.25) is 15.9 Å². The molecule has 0 saturated heterocycles. The lowest BCUT2D eigenvalue weighted by atomic mass is 10.1. The standard InChI is InChI=1S/C21H21N3O5S2/c1-28-17-8-4-15(5-9-17)13-20(25)24-21(30)23-16-6-10-19(11-7-16)31(26,27)22-14-18-3-2-12-29-18/h2-12,22H,13-14H2,1H3,(H2,23,24,25,30). The quantitative estimate of drug-likeness (QED) is 0.444. The van der Waals surface area contributed by atoms with E-state index in [9.17, 15) is 13.2 Å². The van der Waals surface area contributed by atoms with Gasteiger partial charge in [-0.1, -0.05) is 12.1 Å². The van der Waals surface area contributed by atoms with E-state index in [1.165, 1.54) is 18.4 Å². The molecule has 3 aromatic rings. The van der Waals surface area contributed by atoms with Gasteiger partial charge < -0.3 is 19.8 Å². The van der Waals surface area contributed by atoms with Crippen LogP contribution < -0.4 is 20.1 Å². The summed E-state index contributed by atoms with van der Waals surface area (Å²) < 4.78 is 37.4. The second-order valence-corrected chi connectivity index (χ2v) is 8.63. The Morgan fingerprint density at radius 2 is 1.77 bits per heavy atom. The van der Waals surface area contributed by atoms with Crippen molar-refractivity contribution in [1.29, 1.82) is 0 Å². The number of benzene rings is 2. The zero-order valence-electron chi connectivity index (χ0n) is 16.6. The largest absolute Gasteiger partial charge is 0.497 e. The molecule has 162 valence electrons. The van der Waals surface area contributed by atoms with E-state index < -0.39 is 10.0 Å². The van der Waals surface area contributed by atoms with Gasteiger partial charge >= 0.3 is 0 Å². The van der Waals surface area contributed by atoms with Crippen LogP contribution in [-0.2, 0) is 27.8 Å². The maximum atomic E-state index is 12.4. The summed E-state index contributed by atoms with van der Waals surface area (Å²) in [5, 5.41) is 5.57. The van der Waals surface area contributed by atoms with Crippen LogP contribution in [0.3, 0.4) is 0 Å². The van der Waals surface area contributed by atoms with Gasteiger partial charge in [-0.15, -0.1) is 0 Å². The van der Waals surface area contributed by atoms with Crippen molar-refractivity contribution in [3.8, 4) is 5.75 Å². The van der Waals surface area contributed by atoms with E-state index in [0.29, 0.717) is 17.2 Å². The summed E-state index contributed by atoms with van der Waals surface area (Å²) in [5.74, 6) is 0.949. The summed E-state index contributed by atoms with van der Waals surface area (Å²) in [7, 11) is -2.11. The molecule has 0 saturated carbocycles. The number of ether oxygens (including phenoxy) is 1. The van der Waals surface area contributed by atoms with Crippen LogP contribution in [0.5, 0.6) is 5.75 Å². The molecule has 1 aromatic heterocycles. The summed E-state index contributed by atoms with van der Waals surface area (Å²) in [5.41, 5.74) is 1.36. The first-order chi connectivity index (χ1) is 14.9. The molecule has 8 nitrogen and oxygen atoms in total. The molecule has 0 aliphatic rings. The number of hydrogen-bond donors (Lipinski definition) is 3. The highest BCUT2D eigenvalue weighted by Crippen LogP contribution is 2.15. The van der Waals surface area contributed by atoms with Crippen LogP contribution in [0.15, 0.2) is 76.2 Å². The monoisotopic (exact) mass is 459 g/mol. The third-order valence-electron chi connectivity index (χ3n) is 4.22. The van der Waals surface area contributed by atoms with Gasteiger partial charge in [0, 0.05) is 5.69 Å². The molecule has 0 unspecified atom stereocenters. The van der Waals surface area contributed by atoms with Crippen molar-refractivity contribution in [2.45, 2.75) is 17.9 Å². The van der Waals surface area contributed by atoms with Gasteiger partial charge in [0.25, 0.3) is 0 Å². The average molecular weight is 460 g/mol. The number of hydrogen-bond acceptors (Lipinski definition) is 6. The van der Waals surface area contributed by atoms with Crippen LogP contribution in [0.4, 0.5) is 5.69 Å². The second kappa shape index (κ2) is 10.2. The number of nitrogens with one attached hydrogen (secondary N) is 3. The Labute approximate surface area is 185 Å². The van der Waals surface area contributed by atoms with Gasteiger partial charge in [0.1, 0.15) is 11.5 Å². The van der Waals surface area contributed by atoms with E-state index in [2.05, 4.69) is 15.4 Å². The Bertz CT molecular complexity index is 1130. The zero-order chi connectivity index (χ0) is 22.3. The summed E-state index contributed by atoms with van der Waals surface area (Å²) in [4.78, 5) is 12.3. The molecule has 31 heavy (non-hydrogen) atoms. The van der Waals surface area contributed by atoms with Crippen LogP contribution in [0.25, 0.3) is 0 Å². The number of carbonyl (C=O) groups is 1. The van der Waals surface area contributed by atoms with Crippen LogP contribution in [0, 0.1) is 0 Å². The SMILES string of the molecule is COc1ccc(CC(=O)NC(=S)Nc2ccc(S(=O)(=O)NCc3ccco3)cc2)cc1. The van der Waals surface area contributed by atoms with Gasteiger partial charge in [-0.05, 0) is 66.3 Å². The second-order valence-electron chi connectivity index (χ2n) is 6.46. The Kier molecular flexibility index (Phi) is 7.40. The van der Waals surface area contributed by atoms with Crippen LogP contribution in [-0.4, -0.2) is 26.5 Å². The number of carbonyl (C=O) groups excluding carboxylic acids is 1. The molecule has 1 amide bonds. The number of rotatable bonds is 8. The van der Waals surface area contributed by atoms with Crippen molar-refractivity contribution < 1.29 is 22.4 Å². The number of thiocarbonyl (C=S) groups is 1. The molecule has 1 heterocycles. The summed E-state index contributed by atoms with van der Waals surface area (Å²) in [6.07, 6.45) is 1.63. The highest BCUT2D eigenvalue weighted by Gasteiger charge is 2.14. The van der Waals surface area contributed by atoms with Crippen LogP contribution in [0.2, 0.25) is 0 Å². The van der Waals surface area contributed by atoms with Crippen molar-refractivity contribution in [2.24, 2.45) is 0 Å². The number of methoxy groups -OCH3 is 1. The molecule has 2 aromatic carbocycles. The van der Waals surface area contributed by atoms with E-state index in [-0.39, 0.29) is 28.9 Å². The zero-order valence-corrected chi connectivity index (χ0v) is 18.3. The van der Waals surface area contributed by atoms with Crippen LogP contribution >= 0.6 is 12.2 Å². The van der Waals surface area contributed by atoms with E-state index in [1.54, 1.807) is 55.6 Å². The molecular formula is C21H21N3O5S2. The molecule has 3 rings (SSSR count). The summed E-state index contributed by atoms with van der Waals surface area (Å²) in [6.45, 7) is 0.0552. The Morgan fingerprint density at radius 3 is 2.39 bits per heavy atom. The van der Waals surface area contributed by atoms with Gasteiger partial charge in [0.15, 0.2) is 5.11 Å². The minimum atomic E-state index is -3.69. The minimum absolute atomic E-state index is 0.0552. The molecule has 0 fully saturated rings. The lowest BCUT2D eigenvalue weighted by molar-refractivity contribution is -0.119. The lowest BCUT2D eigenvalue weighted by Crippen LogP contribution is -2.35. The predicted molar refractivity (Wildman–Crippen MR) is 120 cm³/mol. The first kappa shape index (κ1) is 22.5. The fourth-order valence-electron chi connectivity index (χ4n) is 2.64. The number of furan rings is 1. The topological polar surface area (TPSA) is 110 Å². The van der Waals surface area contributed by atoms with E-state index in [1.807, 2.05) is 0 Å². The van der Waals surface area contributed by atoms with Crippen molar-refractivity contribution in [1.82, 2.24) is 10.0 Å². The average Bonchev–Trinajstić information content (AvgIpc) is 3.27. The first-order valence-electron chi connectivity index (χ1n) is 9.21. The molecule has 3 N–H and O–H groups in total. The maximum Gasteiger partial charge on any atom is 0.240 e. The molecular weight excluding hydrogens is 438 g/mol. The normalized spacial score (nSPS) is 11.0. The van der Waals surface area contributed by atoms with Crippen molar-refractivity contribution in [3.63, 3.8) is 0 Å². The summed E-state index contributed by atoms with van der Waals surface area (Å²) in [6, 6.07) is 16.5. The van der Waals surface area contributed by atoms with Gasteiger partial charge in [0.05, 0.1) is 31.2 Å². The molecule has 0 aliphatic carbocycles. The Morgan fingerprint density at radius 1 is 1.06 bits per heavy atom. The fraction of sp³-hybridized carbons (Fsp3) is 0.143. The first-order valence-corrected chi connectivity index (χ1v) is 11.1. The smallest absolute Gasteiger partial charge is 0.240 e. The minimum Gasteiger partial charge on any atom is -0.497 e. The summed E-state index contributed by atoms with van der Waals surface area (Å²) >= 11 is 5.16. The number of amides is 1. The van der Waals surface area contributed by atoms with Gasteiger partial charge in [-0.25, -0.2) is 13.1 Å². The number of sulfonamides is 1. The molecule has 0 aliphatic heterocycles. The van der Waals surface area contributed by atoms with E-state index >= 15 is 0 Å². The highest BCUT2D eigenvalue weighted by atomic mass is 32.2. The molecule has 0 spiro atoms. The van der Waals surface area contributed by atoms with E-state index in [0.717, 1.165) is 5.56 Å². The molecule has 0 bridgehead atoms. The third-order valence-corrected chi connectivity index (χ3v) is 5.84. The Balaban J connectivity index is 1.51. The number of anilines is 1. The predicted octanol–water partition coefficient (Wildman–Crippen LogP) is 2.82. The van der Waals surface area contributed by atoms with Crippen molar-refractivity contribution >= 4 is 38.9 Å². The third kappa shape index (κ3) is 6.64. The molecule has 0 atom stereocenters. The fourth-order valence-corrected chi connectivity index (χ4v) is 3.87. The van der Waals surface area contributed by atoms with Gasteiger partial charge in [-0.3, -0.25) is 4.79 Å². The highest BCUT2D eigenvalue weighted by molar-refractivity contribution is 7.89.